The number of nitrogen functional groups attached to an aromatic ring is 1. The van der Waals surface area contributed by atoms with E-state index in [0.29, 0.717) is 11.9 Å². The van der Waals surface area contributed by atoms with Crippen LogP contribution in [0.3, 0.4) is 0 Å². The Kier molecular flexibility index (Phi) is 2.28. The van der Waals surface area contributed by atoms with E-state index in [1.165, 1.54) is 12.4 Å². The Morgan fingerprint density at radius 1 is 1.50 bits per heavy atom. The Balaban J connectivity index is 2.09. The molecule has 2 rings (SSSR count). The van der Waals surface area contributed by atoms with Gasteiger partial charge < -0.3 is 10.7 Å². The Labute approximate surface area is 80.9 Å². The highest BCUT2D eigenvalue weighted by molar-refractivity contribution is 5.92. The zero-order valence-corrected chi connectivity index (χ0v) is 7.53. The van der Waals surface area contributed by atoms with E-state index in [1.807, 2.05) is 0 Å². The number of hydrazine groups is 1. The van der Waals surface area contributed by atoms with Gasteiger partial charge in [0.25, 0.3) is 5.91 Å². The number of anilines is 1. The van der Waals surface area contributed by atoms with Gasteiger partial charge >= 0.3 is 0 Å². The molecule has 1 saturated carbocycles. The van der Waals surface area contributed by atoms with Gasteiger partial charge in [0.1, 0.15) is 5.69 Å². The third-order valence-electron chi connectivity index (χ3n) is 1.93. The monoisotopic (exact) mass is 193 g/mol. The van der Waals surface area contributed by atoms with Gasteiger partial charge in [-0.25, -0.2) is 10.8 Å². The number of rotatable bonds is 3. The maximum absolute atomic E-state index is 11.5. The van der Waals surface area contributed by atoms with Gasteiger partial charge in [-0.1, -0.05) is 0 Å². The summed E-state index contributed by atoms with van der Waals surface area (Å²) in [6.45, 7) is 0. The van der Waals surface area contributed by atoms with Crippen molar-refractivity contribution < 1.29 is 4.79 Å². The molecule has 1 heterocycles. The number of aromatic nitrogens is 2. The molecule has 74 valence electrons. The van der Waals surface area contributed by atoms with Crippen LogP contribution in [0.2, 0.25) is 0 Å². The summed E-state index contributed by atoms with van der Waals surface area (Å²) in [5.41, 5.74) is 2.62. The number of hydrogen-bond donors (Lipinski definition) is 3. The number of hydrogen-bond acceptors (Lipinski definition) is 5. The van der Waals surface area contributed by atoms with Crippen molar-refractivity contribution in [3.8, 4) is 0 Å². The summed E-state index contributed by atoms with van der Waals surface area (Å²) >= 11 is 0. The van der Waals surface area contributed by atoms with Gasteiger partial charge in [0.05, 0.1) is 12.4 Å². The summed E-state index contributed by atoms with van der Waals surface area (Å²) in [5.74, 6) is 5.33. The quantitative estimate of drug-likeness (QED) is 0.451. The molecule has 0 atom stereocenters. The van der Waals surface area contributed by atoms with Gasteiger partial charge in [0, 0.05) is 6.04 Å². The van der Waals surface area contributed by atoms with Crippen LogP contribution in [0.1, 0.15) is 23.3 Å². The lowest BCUT2D eigenvalue weighted by Gasteiger charge is -2.03. The fourth-order valence-corrected chi connectivity index (χ4v) is 1.03. The molecule has 0 bridgehead atoms. The Hall–Kier alpha value is -1.69. The van der Waals surface area contributed by atoms with Gasteiger partial charge in [-0.2, -0.15) is 0 Å². The number of nitrogens with one attached hydrogen (secondary N) is 2. The minimum atomic E-state index is -0.197. The summed E-state index contributed by atoms with van der Waals surface area (Å²) in [7, 11) is 0. The van der Waals surface area contributed by atoms with Crippen molar-refractivity contribution in [3.05, 3.63) is 18.1 Å². The number of carbonyl (C=O) groups excluding carboxylic acids is 1. The van der Waals surface area contributed by atoms with Crippen molar-refractivity contribution in [2.75, 3.05) is 5.43 Å². The molecule has 1 aliphatic rings. The molecule has 0 aromatic carbocycles. The van der Waals surface area contributed by atoms with E-state index >= 15 is 0 Å². The van der Waals surface area contributed by atoms with Crippen LogP contribution in [-0.4, -0.2) is 21.9 Å². The second-order valence-electron chi connectivity index (χ2n) is 3.18. The lowest BCUT2D eigenvalue weighted by molar-refractivity contribution is 0.0946. The normalized spacial score (nSPS) is 14.9. The first-order valence-electron chi connectivity index (χ1n) is 4.39. The van der Waals surface area contributed by atoms with Crippen molar-refractivity contribution in [2.45, 2.75) is 18.9 Å². The molecule has 0 aliphatic heterocycles. The standard InChI is InChI=1S/C8H11N5O/c9-13-7-4-10-3-6(12-7)8(14)11-5-1-2-5/h3-5H,1-2,9H2,(H,11,14)(H,12,13). The van der Waals surface area contributed by atoms with Crippen molar-refractivity contribution in [1.82, 2.24) is 15.3 Å². The highest BCUT2D eigenvalue weighted by Crippen LogP contribution is 2.19. The average molecular weight is 193 g/mol. The van der Waals surface area contributed by atoms with Gasteiger partial charge in [0.15, 0.2) is 5.82 Å². The Morgan fingerprint density at radius 2 is 2.29 bits per heavy atom. The topological polar surface area (TPSA) is 92.9 Å². The predicted octanol–water partition coefficient (Wildman–Crippen LogP) is -0.346. The Morgan fingerprint density at radius 3 is 2.93 bits per heavy atom. The summed E-state index contributed by atoms with van der Waals surface area (Å²) in [6, 6.07) is 0.318. The number of nitrogens with zero attached hydrogens (tertiary/aromatic N) is 2. The van der Waals surface area contributed by atoms with Crippen LogP contribution >= 0.6 is 0 Å². The minimum absolute atomic E-state index is 0.197. The van der Waals surface area contributed by atoms with E-state index in [4.69, 9.17) is 5.84 Å². The molecule has 1 amide bonds. The van der Waals surface area contributed by atoms with E-state index in [2.05, 4.69) is 20.7 Å². The van der Waals surface area contributed by atoms with Gasteiger partial charge in [-0.3, -0.25) is 9.78 Å². The average Bonchev–Trinajstić information content (AvgIpc) is 3.02. The summed E-state index contributed by atoms with van der Waals surface area (Å²) in [6.07, 6.45) is 4.97. The molecule has 6 nitrogen and oxygen atoms in total. The van der Waals surface area contributed by atoms with E-state index in [1.54, 1.807) is 0 Å². The van der Waals surface area contributed by atoms with Crippen LogP contribution in [0, 0.1) is 0 Å². The van der Waals surface area contributed by atoms with E-state index in [0.717, 1.165) is 12.8 Å². The van der Waals surface area contributed by atoms with Crippen LogP contribution in [0.15, 0.2) is 12.4 Å². The number of nitrogens with two attached hydrogens (primary N) is 1. The first kappa shape index (κ1) is 8.89. The number of carbonyl (C=O) groups is 1. The molecule has 4 N–H and O–H groups in total. The minimum Gasteiger partial charge on any atom is -0.348 e. The lowest BCUT2D eigenvalue weighted by Crippen LogP contribution is -2.26. The second kappa shape index (κ2) is 3.59. The maximum Gasteiger partial charge on any atom is 0.271 e. The first-order valence-corrected chi connectivity index (χ1v) is 4.39. The fraction of sp³-hybridized carbons (Fsp3) is 0.375. The largest absolute Gasteiger partial charge is 0.348 e. The highest BCUT2D eigenvalue weighted by Gasteiger charge is 2.24. The molecule has 0 unspecified atom stereocenters. The summed E-state index contributed by atoms with van der Waals surface area (Å²) in [4.78, 5) is 19.3. The third-order valence-corrected chi connectivity index (χ3v) is 1.93. The smallest absolute Gasteiger partial charge is 0.271 e. The molecule has 0 radical (unpaired) electrons. The molecule has 1 fully saturated rings. The summed E-state index contributed by atoms with van der Waals surface area (Å²) in [5, 5.41) is 2.81. The predicted molar refractivity (Wildman–Crippen MR) is 50.3 cm³/mol. The first-order chi connectivity index (χ1) is 6.79. The molecule has 14 heavy (non-hydrogen) atoms. The van der Waals surface area contributed by atoms with Crippen LogP contribution in [-0.2, 0) is 0 Å². The molecule has 1 aliphatic carbocycles. The molecular weight excluding hydrogens is 182 g/mol. The van der Waals surface area contributed by atoms with Gasteiger partial charge in [0.2, 0.25) is 0 Å². The van der Waals surface area contributed by atoms with E-state index < -0.39 is 0 Å². The summed E-state index contributed by atoms with van der Waals surface area (Å²) < 4.78 is 0. The van der Waals surface area contributed by atoms with Crippen LogP contribution < -0.4 is 16.6 Å². The Bertz CT molecular complexity index is 349. The van der Waals surface area contributed by atoms with E-state index in [-0.39, 0.29) is 11.6 Å². The van der Waals surface area contributed by atoms with Crippen molar-refractivity contribution in [2.24, 2.45) is 5.84 Å². The van der Waals surface area contributed by atoms with Gasteiger partial charge in [-0.05, 0) is 12.8 Å². The zero-order chi connectivity index (χ0) is 9.97. The van der Waals surface area contributed by atoms with Crippen molar-refractivity contribution in [3.63, 3.8) is 0 Å². The van der Waals surface area contributed by atoms with Crippen LogP contribution in [0.25, 0.3) is 0 Å². The van der Waals surface area contributed by atoms with Crippen molar-refractivity contribution >= 4 is 11.7 Å². The molecule has 1 aromatic rings. The third kappa shape index (κ3) is 1.97. The maximum atomic E-state index is 11.5. The highest BCUT2D eigenvalue weighted by atomic mass is 16.2. The fourth-order valence-electron chi connectivity index (χ4n) is 1.03. The van der Waals surface area contributed by atoms with Crippen LogP contribution in [0.5, 0.6) is 0 Å². The molecular formula is C8H11N5O. The SMILES string of the molecule is NNc1cncc(C(=O)NC2CC2)n1. The number of amides is 1. The molecule has 0 saturated heterocycles. The zero-order valence-electron chi connectivity index (χ0n) is 7.53. The van der Waals surface area contributed by atoms with E-state index in [9.17, 15) is 4.79 Å². The molecule has 1 aromatic heterocycles. The molecule has 0 spiro atoms. The molecule has 6 heteroatoms. The van der Waals surface area contributed by atoms with Gasteiger partial charge in [-0.15, -0.1) is 0 Å². The van der Waals surface area contributed by atoms with Crippen molar-refractivity contribution in [1.29, 1.82) is 0 Å². The lowest BCUT2D eigenvalue weighted by atomic mass is 10.4. The van der Waals surface area contributed by atoms with Crippen LogP contribution in [0.4, 0.5) is 5.82 Å². The second-order valence-corrected chi connectivity index (χ2v) is 3.18.